The molecule has 9 heteroatoms. The fraction of sp³-hybridized carbons (Fsp3) is 0.400. The summed E-state index contributed by atoms with van der Waals surface area (Å²) in [5.41, 5.74) is 1.74. The second-order valence-electron chi connectivity index (χ2n) is 5.81. The van der Waals surface area contributed by atoms with Gasteiger partial charge in [-0.3, -0.25) is 4.79 Å². The summed E-state index contributed by atoms with van der Waals surface area (Å²) < 4.78 is 2.66. The van der Waals surface area contributed by atoms with Crippen LogP contribution >= 0.6 is 34.3 Å². The van der Waals surface area contributed by atoms with Crippen molar-refractivity contribution in [3.63, 3.8) is 0 Å². The standard InChI is InChI=1S/C15H16ClN5OS2/c1-20-2-4-21(5-3-20)13(22)8-17-15-19-10-6-9-11(7-12(10)24-15)23-14(16)18-9/h6-7H,2-5,8H2,1H3,(H,17,19). The van der Waals surface area contributed by atoms with Crippen molar-refractivity contribution < 1.29 is 4.79 Å². The van der Waals surface area contributed by atoms with Crippen LogP contribution in [0, 0.1) is 0 Å². The van der Waals surface area contributed by atoms with E-state index in [2.05, 4.69) is 33.3 Å². The fourth-order valence-electron chi connectivity index (χ4n) is 2.72. The van der Waals surface area contributed by atoms with E-state index in [1.807, 2.05) is 11.0 Å². The highest BCUT2D eigenvalue weighted by molar-refractivity contribution is 7.24. The lowest BCUT2D eigenvalue weighted by molar-refractivity contribution is -0.130. The van der Waals surface area contributed by atoms with E-state index in [-0.39, 0.29) is 12.5 Å². The molecule has 1 amide bonds. The second-order valence-corrected chi connectivity index (χ2v) is 8.45. The number of halogens is 1. The van der Waals surface area contributed by atoms with Crippen LogP contribution in [0.5, 0.6) is 0 Å². The third-order valence-electron chi connectivity index (χ3n) is 4.12. The van der Waals surface area contributed by atoms with E-state index in [0.29, 0.717) is 4.47 Å². The predicted molar refractivity (Wildman–Crippen MR) is 100 cm³/mol. The quantitative estimate of drug-likeness (QED) is 0.755. The maximum absolute atomic E-state index is 12.3. The molecule has 3 heterocycles. The molecule has 3 aromatic rings. The zero-order chi connectivity index (χ0) is 16.7. The van der Waals surface area contributed by atoms with Gasteiger partial charge in [-0.15, -0.1) is 11.3 Å². The summed E-state index contributed by atoms with van der Waals surface area (Å²) in [5, 5.41) is 3.92. The Hall–Kier alpha value is -1.48. The van der Waals surface area contributed by atoms with E-state index in [9.17, 15) is 4.79 Å². The lowest BCUT2D eigenvalue weighted by Crippen LogP contribution is -2.48. The third-order valence-corrected chi connectivity index (χ3v) is 6.22. The van der Waals surface area contributed by atoms with Gasteiger partial charge in [0.25, 0.3) is 0 Å². The van der Waals surface area contributed by atoms with Gasteiger partial charge >= 0.3 is 0 Å². The average Bonchev–Trinajstić information content (AvgIpc) is 3.11. The van der Waals surface area contributed by atoms with Gasteiger partial charge in [0, 0.05) is 26.2 Å². The summed E-state index contributed by atoms with van der Waals surface area (Å²) in [6, 6.07) is 4.00. The van der Waals surface area contributed by atoms with E-state index >= 15 is 0 Å². The Balaban J connectivity index is 1.45. The Morgan fingerprint density at radius 3 is 2.67 bits per heavy atom. The summed E-state index contributed by atoms with van der Waals surface area (Å²) in [6.45, 7) is 3.72. The summed E-state index contributed by atoms with van der Waals surface area (Å²) in [6.07, 6.45) is 0. The number of benzene rings is 1. The first kappa shape index (κ1) is 16.0. The molecular formula is C15H16ClN5OS2. The molecule has 0 bridgehead atoms. The van der Waals surface area contributed by atoms with Crippen molar-refractivity contribution in [2.75, 3.05) is 45.1 Å². The highest BCUT2D eigenvalue weighted by atomic mass is 35.5. The minimum atomic E-state index is 0.122. The van der Waals surface area contributed by atoms with E-state index in [1.165, 1.54) is 11.3 Å². The van der Waals surface area contributed by atoms with Crippen LogP contribution in [0.15, 0.2) is 12.1 Å². The number of carbonyl (C=O) groups is 1. The molecular weight excluding hydrogens is 366 g/mol. The van der Waals surface area contributed by atoms with Crippen molar-refractivity contribution in [2.24, 2.45) is 0 Å². The molecule has 1 aliphatic rings. The van der Waals surface area contributed by atoms with Crippen LogP contribution in [0.4, 0.5) is 5.13 Å². The van der Waals surface area contributed by atoms with E-state index < -0.39 is 0 Å². The summed E-state index contributed by atoms with van der Waals surface area (Å²) >= 11 is 8.96. The van der Waals surface area contributed by atoms with Gasteiger partial charge in [-0.1, -0.05) is 22.9 Å². The number of likely N-dealkylation sites (N-methyl/N-ethyl adjacent to an activating group) is 1. The van der Waals surface area contributed by atoms with Gasteiger partial charge in [-0.05, 0) is 19.2 Å². The summed E-state index contributed by atoms with van der Waals surface area (Å²) in [5.74, 6) is 0.122. The second kappa shape index (κ2) is 6.44. The van der Waals surface area contributed by atoms with Crippen LogP contribution in [0.2, 0.25) is 4.47 Å². The monoisotopic (exact) mass is 381 g/mol. The van der Waals surface area contributed by atoms with Crippen molar-refractivity contribution in [1.82, 2.24) is 19.8 Å². The van der Waals surface area contributed by atoms with E-state index in [1.54, 1.807) is 11.3 Å². The van der Waals surface area contributed by atoms with Crippen molar-refractivity contribution in [3.05, 3.63) is 16.6 Å². The molecule has 0 radical (unpaired) electrons. The molecule has 0 aliphatic carbocycles. The first-order valence-electron chi connectivity index (χ1n) is 7.65. The number of aromatic nitrogens is 2. The predicted octanol–water partition coefficient (Wildman–Crippen LogP) is 2.75. The molecule has 1 saturated heterocycles. The van der Waals surface area contributed by atoms with E-state index in [4.69, 9.17) is 11.6 Å². The number of carbonyl (C=O) groups excluding carboxylic acids is 1. The Bertz CT molecular complexity index is 849. The molecule has 1 aliphatic heterocycles. The highest BCUT2D eigenvalue weighted by Crippen LogP contribution is 2.33. The summed E-state index contributed by atoms with van der Waals surface area (Å²) in [7, 11) is 2.08. The smallest absolute Gasteiger partial charge is 0.242 e. The number of nitrogens with zero attached hydrogens (tertiary/aromatic N) is 4. The number of hydrogen-bond acceptors (Lipinski definition) is 7. The first-order valence-corrected chi connectivity index (χ1v) is 9.66. The molecule has 126 valence electrons. The zero-order valence-corrected chi connectivity index (χ0v) is 15.5. The number of nitrogens with one attached hydrogen (secondary N) is 1. The molecule has 0 spiro atoms. The molecule has 0 atom stereocenters. The normalized spacial score (nSPS) is 16.2. The van der Waals surface area contributed by atoms with Gasteiger partial charge in [-0.25, -0.2) is 9.97 Å². The largest absolute Gasteiger partial charge is 0.352 e. The van der Waals surface area contributed by atoms with Crippen molar-refractivity contribution in [1.29, 1.82) is 0 Å². The molecule has 4 rings (SSSR count). The van der Waals surface area contributed by atoms with Crippen LogP contribution < -0.4 is 5.32 Å². The third kappa shape index (κ3) is 3.19. The maximum Gasteiger partial charge on any atom is 0.242 e. The molecule has 1 fully saturated rings. The first-order chi connectivity index (χ1) is 11.6. The van der Waals surface area contributed by atoms with Crippen LogP contribution in [-0.4, -0.2) is 65.4 Å². The zero-order valence-electron chi connectivity index (χ0n) is 13.1. The number of piperazine rings is 1. The van der Waals surface area contributed by atoms with Gasteiger partial charge in [-0.2, -0.15) is 0 Å². The molecule has 0 unspecified atom stereocenters. The Morgan fingerprint density at radius 2 is 1.88 bits per heavy atom. The average molecular weight is 382 g/mol. The molecule has 6 nitrogen and oxygen atoms in total. The number of thiazole rings is 2. The van der Waals surface area contributed by atoms with Crippen LogP contribution in [0.1, 0.15) is 0 Å². The van der Waals surface area contributed by atoms with Crippen molar-refractivity contribution in [3.8, 4) is 0 Å². The minimum Gasteiger partial charge on any atom is -0.352 e. The lowest BCUT2D eigenvalue weighted by atomic mass is 10.3. The Morgan fingerprint density at radius 1 is 1.17 bits per heavy atom. The fourth-order valence-corrected chi connectivity index (χ4v) is 4.73. The SMILES string of the molecule is CN1CCN(C(=O)CNc2nc3cc4nc(Cl)sc4cc3s2)CC1. The van der Waals surface area contributed by atoms with Crippen LogP contribution in [0.25, 0.3) is 20.4 Å². The molecule has 0 saturated carbocycles. The van der Waals surface area contributed by atoms with Crippen LogP contribution in [0.3, 0.4) is 0 Å². The minimum absolute atomic E-state index is 0.122. The number of rotatable bonds is 3. The van der Waals surface area contributed by atoms with Crippen LogP contribution in [-0.2, 0) is 4.79 Å². The number of fused-ring (bicyclic) bond motifs is 2. The number of anilines is 1. The molecule has 2 aromatic heterocycles. The van der Waals surface area contributed by atoms with Gasteiger partial charge in [0.2, 0.25) is 5.91 Å². The van der Waals surface area contributed by atoms with E-state index in [0.717, 1.165) is 51.7 Å². The molecule has 1 N–H and O–H groups in total. The van der Waals surface area contributed by atoms with Crippen molar-refractivity contribution in [2.45, 2.75) is 0 Å². The molecule has 24 heavy (non-hydrogen) atoms. The maximum atomic E-state index is 12.3. The van der Waals surface area contributed by atoms with Gasteiger partial charge in [0.1, 0.15) is 0 Å². The lowest BCUT2D eigenvalue weighted by Gasteiger charge is -2.32. The molecule has 1 aromatic carbocycles. The number of hydrogen-bond donors (Lipinski definition) is 1. The highest BCUT2D eigenvalue weighted by Gasteiger charge is 2.19. The Kier molecular flexibility index (Phi) is 4.29. The Labute approximate surface area is 152 Å². The van der Waals surface area contributed by atoms with Gasteiger partial charge < -0.3 is 15.1 Å². The summed E-state index contributed by atoms with van der Waals surface area (Å²) in [4.78, 5) is 25.2. The number of amides is 1. The van der Waals surface area contributed by atoms with Gasteiger partial charge in [0.15, 0.2) is 9.60 Å². The van der Waals surface area contributed by atoms with Gasteiger partial charge in [0.05, 0.1) is 27.0 Å². The topological polar surface area (TPSA) is 61.4 Å². The van der Waals surface area contributed by atoms with Crippen molar-refractivity contribution >= 4 is 65.7 Å².